The molecule has 1 aliphatic heterocycles. The van der Waals surface area contributed by atoms with Crippen LogP contribution in [0.4, 0.5) is 0 Å². The van der Waals surface area contributed by atoms with Crippen LogP contribution >= 0.6 is 12.2 Å². The molecule has 0 spiro atoms. The molecule has 3 heterocycles. The van der Waals surface area contributed by atoms with E-state index in [1.807, 2.05) is 42.6 Å². The second kappa shape index (κ2) is 8.69. The largest absolute Gasteiger partial charge is 0.506 e. The number of pyridine rings is 1. The van der Waals surface area contributed by atoms with Crippen molar-refractivity contribution < 1.29 is 5.11 Å². The first-order chi connectivity index (χ1) is 14.9. The first kappa shape index (κ1) is 21.3. The van der Waals surface area contributed by atoms with Crippen molar-refractivity contribution in [3.05, 3.63) is 77.4 Å². The lowest BCUT2D eigenvalue weighted by molar-refractivity contribution is 0.277. The van der Waals surface area contributed by atoms with Crippen molar-refractivity contribution in [3.8, 4) is 11.4 Å². The second-order valence-electron chi connectivity index (χ2n) is 8.27. The van der Waals surface area contributed by atoms with Crippen LogP contribution in [-0.2, 0) is 0 Å². The van der Waals surface area contributed by atoms with Crippen molar-refractivity contribution in [2.45, 2.75) is 25.9 Å². The van der Waals surface area contributed by atoms with E-state index < -0.39 is 0 Å². The fourth-order valence-electron chi connectivity index (χ4n) is 4.40. The molecule has 7 heteroatoms. The number of aromatic hydroxyl groups is 1. The summed E-state index contributed by atoms with van der Waals surface area (Å²) in [5.41, 5.74) is 5.09. The molecule has 3 aromatic rings. The van der Waals surface area contributed by atoms with Gasteiger partial charge in [0.15, 0.2) is 5.11 Å². The summed E-state index contributed by atoms with van der Waals surface area (Å²) in [6.45, 7) is 5.89. The SMILES string of the molecule is Cc1cc([C@@H]2[C@H](c3ccccn3)NC(=S)N2CCN(C)C)c(C)n1-c1ccccc1O. The average molecular weight is 436 g/mol. The number of hydrogen-bond donors (Lipinski definition) is 2. The molecule has 1 aromatic carbocycles. The molecule has 31 heavy (non-hydrogen) atoms. The molecular formula is C24H29N5OS. The summed E-state index contributed by atoms with van der Waals surface area (Å²) >= 11 is 5.77. The fourth-order valence-corrected chi connectivity index (χ4v) is 4.74. The zero-order valence-corrected chi connectivity index (χ0v) is 19.2. The predicted molar refractivity (Wildman–Crippen MR) is 128 cm³/mol. The van der Waals surface area contributed by atoms with Gasteiger partial charge in [0.1, 0.15) is 5.75 Å². The third-order valence-corrected chi connectivity index (χ3v) is 6.25. The highest BCUT2D eigenvalue weighted by atomic mass is 32.1. The van der Waals surface area contributed by atoms with Gasteiger partial charge >= 0.3 is 0 Å². The Kier molecular flexibility index (Phi) is 5.98. The Hall–Kier alpha value is -2.90. The van der Waals surface area contributed by atoms with Crippen molar-refractivity contribution in [2.75, 3.05) is 27.2 Å². The number of nitrogens with one attached hydrogen (secondary N) is 1. The van der Waals surface area contributed by atoms with E-state index >= 15 is 0 Å². The van der Waals surface area contributed by atoms with Crippen LogP contribution in [0.1, 0.15) is 34.7 Å². The van der Waals surface area contributed by atoms with Gasteiger partial charge < -0.3 is 24.8 Å². The first-order valence-corrected chi connectivity index (χ1v) is 10.9. The van der Waals surface area contributed by atoms with Crippen LogP contribution in [-0.4, -0.2) is 56.8 Å². The minimum Gasteiger partial charge on any atom is -0.506 e. The number of aromatic nitrogens is 2. The number of para-hydroxylation sites is 2. The Morgan fingerprint density at radius 1 is 1.13 bits per heavy atom. The number of nitrogens with zero attached hydrogens (tertiary/aromatic N) is 4. The number of rotatable bonds is 6. The molecule has 0 saturated carbocycles. The number of likely N-dealkylation sites (N-methyl/N-ethyl adjacent to an activating group) is 1. The van der Waals surface area contributed by atoms with Crippen molar-refractivity contribution in [1.82, 2.24) is 24.7 Å². The molecule has 0 bridgehead atoms. The molecule has 0 unspecified atom stereocenters. The number of hydrogen-bond acceptors (Lipinski definition) is 4. The Morgan fingerprint density at radius 3 is 2.55 bits per heavy atom. The smallest absolute Gasteiger partial charge is 0.170 e. The molecule has 2 aromatic heterocycles. The fraction of sp³-hybridized carbons (Fsp3) is 0.333. The summed E-state index contributed by atoms with van der Waals surface area (Å²) in [5, 5.41) is 14.7. The topological polar surface area (TPSA) is 56.6 Å². The maximum Gasteiger partial charge on any atom is 0.170 e. The normalized spacial score (nSPS) is 18.6. The van der Waals surface area contributed by atoms with Gasteiger partial charge in [0.25, 0.3) is 0 Å². The van der Waals surface area contributed by atoms with Crippen LogP contribution < -0.4 is 5.32 Å². The lowest BCUT2D eigenvalue weighted by Crippen LogP contribution is -2.35. The Bertz CT molecular complexity index is 1080. The highest BCUT2D eigenvalue weighted by Gasteiger charge is 2.41. The van der Waals surface area contributed by atoms with Crippen LogP contribution in [0.5, 0.6) is 5.75 Å². The molecule has 2 N–H and O–H groups in total. The van der Waals surface area contributed by atoms with Crippen LogP contribution in [0.15, 0.2) is 54.7 Å². The van der Waals surface area contributed by atoms with E-state index in [-0.39, 0.29) is 17.8 Å². The van der Waals surface area contributed by atoms with Crippen molar-refractivity contribution in [3.63, 3.8) is 0 Å². The summed E-state index contributed by atoms with van der Waals surface area (Å²) < 4.78 is 2.12. The van der Waals surface area contributed by atoms with E-state index in [2.05, 4.69) is 58.7 Å². The van der Waals surface area contributed by atoms with Gasteiger partial charge in [-0.3, -0.25) is 4.98 Å². The van der Waals surface area contributed by atoms with E-state index in [9.17, 15) is 5.11 Å². The van der Waals surface area contributed by atoms with Crippen LogP contribution in [0.3, 0.4) is 0 Å². The van der Waals surface area contributed by atoms with Crippen LogP contribution in [0.2, 0.25) is 0 Å². The minimum atomic E-state index is -0.0471. The summed E-state index contributed by atoms with van der Waals surface area (Å²) in [4.78, 5) is 9.06. The number of phenols is 1. The molecule has 1 fully saturated rings. The molecule has 1 saturated heterocycles. The molecule has 0 aliphatic carbocycles. The predicted octanol–water partition coefficient (Wildman–Crippen LogP) is 3.73. The third-order valence-electron chi connectivity index (χ3n) is 5.90. The van der Waals surface area contributed by atoms with Crippen molar-refractivity contribution >= 4 is 17.3 Å². The van der Waals surface area contributed by atoms with Gasteiger partial charge in [0, 0.05) is 30.7 Å². The van der Waals surface area contributed by atoms with Gasteiger partial charge in [-0.2, -0.15) is 0 Å². The number of aryl methyl sites for hydroxylation is 1. The van der Waals surface area contributed by atoms with Crippen molar-refractivity contribution in [2.24, 2.45) is 0 Å². The molecule has 0 amide bonds. The molecule has 4 rings (SSSR count). The molecule has 1 aliphatic rings. The molecule has 162 valence electrons. The maximum absolute atomic E-state index is 10.5. The van der Waals surface area contributed by atoms with E-state index in [0.29, 0.717) is 0 Å². The van der Waals surface area contributed by atoms with E-state index in [1.165, 1.54) is 5.56 Å². The molecule has 6 nitrogen and oxygen atoms in total. The van der Waals surface area contributed by atoms with Gasteiger partial charge in [-0.25, -0.2) is 0 Å². The first-order valence-electron chi connectivity index (χ1n) is 10.5. The van der Waals surface area contributed by atoms with Gasteiger partial charge in [-0.1, -0.05) is 18.2 Å². The number of phenolic OH excluding ortho intramolecular Hbond substituents is 1. The van der Waals surface area contributed by atoms with Crippen molar-refractivity contribution in [1.29, 1.82) is 0 Å². The van der Waals surface area contributed by atoms with Gasteiger partial charge in [0.2, 0.25) is 0 Å². The van der Waals surface area contributed by atoms with Crippen LogP contribution in [0, 0.1) is 13.8 Å². The van der Waals surface area contributed by atoms with Crippen LogP contribution in [0.25, 0.3) is 5.69 Å². The minimum absolute atomic E-state index is 0.00755. The van der Waals surface area contributed by atoms with E-state index in [1.54, 1.807) is 6.07 Å². The second-order valence-corrected chi connectivity index (χ2v) is 8.66. The summed E-state index contributed by atoms with van der Waals surface area (Å²) in [6.07, 6.45) is 1.82. The molecular weight excluding hydrogens is 406 g/mol. The lowest BCUT2D eigenvalue weighted by atomic mass is 9.96. The highest BCUT2D eigenvalue weighted by molar-refractivity contribution is 7.80. The standard InChI is InChI=1S/C24H29N5OS/c1-16-15-18(17(2)29(16)20-10-5-6-11-21(20)30)23-22(19-9-7-8-12-25-19)26-24(31)28(23)14-13-27(3)4/h5-12,15,22-23,30H,13-14H2,1-4H3,(H,26,31)/t22-,23+/m0/s1. The Morgan fingerprint density at radius 2 is 1.87 bits per heavy atom. The quantitative estimate of drug-likeness (QED) is 0.576. The van der Waals surface area contributed by atoms with Gasteiger partial charge in [-0.15, -0.1) is 0 Å². The molecule has 0 radical (unpaired) electrons. The lowest BCUT2D eigenvalue weighted by Gasteiger charge is -2.29. The summed E-state index contributed by atoms with van der Waals surface area (Å²) in [6, 6.07) is 15.6. The monoisotopic (exact) mass is 435 g/mol. The zero-order chi connectivity index (χ0) is 22.1. The Balaban J connectivity index is 1.82. The average Bonchev–Trinajstić information content (AvgIpc) is 3.23. The number of thiocarbonyl (C=S) groups is 1. The zero-order valence-electron chi connectivity index (χ0n) is 18.4. The maximum atomic E-state index is 10.5. The van der Waals surface area contributed by atoms with E-state index in [0.717, 1.165) is 41.0 Å². The molecule has 2 atom stereocenters. The Labute approximate surface area is 189 Å². The highest BCUT2D eigenvalue weighted by Crippen LogP contribution is 2.41. The van der Waals surface area contributed by atoms with Gasteiger partial charge in [-0.05, 0) is 76.1 Å². The summed E-state index contributed by atoms with van der Waals surface area (Å²) in [5.74, 6) is 0.265. The van der Waals surface area contributed by atoms with Gasteiger partial charge in [0.05, 0.1) is 23.5 Å². The number of benzene rings is 1. The van der Waals surface area contributed by atoms with E-state index in [4.69, 9.17) is 12.2 Å². The summed E-state index contributed by atoms with van der Waals surface area (Å²) in [7, 11) is 4.14. The third kappa shape index (κ3) is 4.03.